The third-order valence-corrected chi connectivity index (χ3v) is 6.32. The molecule has 0 spiro atoms. The Hall–Kier alpha value is -3.69. The Bertz CT molecular complexity index is 1340. The molecule has 3 aromatic rings. The van der Waals surface area contributed by atoms with Gasteiger partial charge in [-0.3, -0.25) is 9.79 Å². The summed E-state index contributed by atoms with van der Waals surface area (Å²) in [5.74, 6) is -0.166. The fraction of sp³-hybridized carbons (Fsp3) is 0.103. The molecule has 3 aromatic carbocycles. The SMILES string of the molecule is CC12C=C(c3ccc(Cl)cc3NC(=O)c3ccccc3)C=CC1=NC(c1ccccc1)=CC2. The van der Waals surface area contributed by atoms with E-state index in [9.17, 15) is 4.79 Å². The van der Waals surface area contributed by atoms with E-state index in [1.165, 1.54) is 0 Å². The van der Waals surface area contributed by atoms with Crippen LogP contribution in [0.2, 0.25) is 5.02 Å². The van der Waals surface area contributed by atoms with Gasteiger partial charge in [-0.05, 0) is 47.9 Å². The fourth-order valence-corrected chi connectivity index (χ4v) is 4.42. The van der Waals surface area contributed by atoms with Crippen LogP contribution in [0.4, 0.5) is 5.69 Å². The Morgan fingerprint density at radius 1 is 0.970 bits per heavy atom. The number of aliphatic imine (C=N–C) groups is 1. The fourth-order valence-electron chi connectivity index (χ4n) is 4.25. The first kappa shape index (κ1) is 21.2. The molecule has 162 valence electrons. The van der Waals surface area contributed by atoms with E-state index >= 15 is 0 Å². The lowest BCUT2D eigenvalue weighted by Gasteiger charge is -2.33. The van der Waals surface area contributed by atoms with Crippen molar-refractivity contribution in [3.63, 3.8) is 0 Å². The molecule has 1 aliphatic heterocycles. The molecule has 1 unspecified atom stereocenters. The molecule has 0 radical (unpaired) electrons. The maximum absolute atomic E-state index is 12.8. The molecule has 1 aliphatic carbocycles. The van der Waals surface area contributed by atoms with E-state index in [2.05, 4.69) is 48.7 Å². The van der Waals surface area contributed by atoms with Crippen molar-refractivity contribution in [1.29, 1.82) is 0 Å². The smallest absolute Gasteiger partial charge is 0.255 e. The van der Waals surface area contributed by atoms with Crippen LogP contribution in [0.3, 0.4) is 0 Å². The highest BCUT2D eigenvalue weighted by molar-refractivity contribution is 6.31. The van der Waals surface area contributed by atoms with Gasteiger partial charge in [-0.2, -0.15) is 0 Å². The van der Waals surface area contributed by atoms with Gasteiger partial charge in [0.05, 0.1) is 17.1 Å². The highest BCUT2D eigenvalue weighted by Crippen LogP contribution is 2.41. The van der Waals surface area contributed by atoms with Gasteiger partial charge in [0.25, 0.3) is 5.91 Å². The maximum atomic E-state index is 12.8. The number of carbonyl (C=O) groups excluding carboxylic acids is 1. The monoisotopic (exact) mass is 450 g/mol. The van der Waals surface area contributed by atoms with Gasteiger partial charge in [-0.25, -0.2) is 0 Å². The van der Waals surface area contributed by atoms with E-state index < -0.39 is 0 Å². The number of anilines is 1. The molecular weight excluding hydrogens is 428 g/mol. The summed E-state index contributed by atoms with van der Waals surface area (Å²) >= 11 is 6.28. The van der Waals surface area contributed by atoms with Crippen molar-refractivity contribution in [2.75, 3.05) is 5.32 Å². The van der Waals surface area contributed by atoms with Crippen LogP contribution in [-0.2, 0) is 0 Å². The third kappa shape index (κ3) is 4.33. The van der Waals surface area contributed by atoms with Crippen LogP contribution in [0, 0.1) is 5.41 Å². The molecule has 1 N–H and O–H groups in total. The summed E-state index contributed by atoms with van der Waals surface area (Å²) < 4.78 is 0. The van der Waals surface area contributed by atoms with E-state index in [-0.39, 0.29) is 11.3 Å². The minimum absolute atomic E-state index is 0.166. The highest BCUT2D eigenvalue weighted by Gasteiger charge is 2.32. The Kier molecular flexibility index (Phi) is 5.57. The average Bonchev–Trinajstić information content (AvgIpc) is 2.84. The number of nitrogens with zero attached hydrogens (tertiary/aromatic N) is 1. The Balaban J connectivity index is 1.46. The van der Waals surface area contributed by atoms with Crippen LogP contribution in [0.25, 0.3) is 11.3 Å². The summed E-state index contributed by atoms with van der Waals surface area (Å²) in [7, 11) is 0. The van der Waals surface area contributed by atoms with Gasteiger partial charge in [0.2, 0.25) is 0 Å². The normalized spacial score (nSPS) is 19.2. The van der Waals surface area contributed by atoms with Crippen molar-refractivity contribution in [3.8, 4) is 0 Å². The van der Waals surface area contributed by atoms with Gasteiger partial charge in [0.1, 0.15) is 0 Å². The predicted molar refractivity (Wildman–Crippen MR) is 138 cm³/mol. The zero-order chi connectivity index (χ0) is 22.8. The number of nitrogens with one attached hydrogen (secondary N) is 1. The Labute approximate surface area is 198 Å². The van der Waals surface area contributed by atoms with Crippen LogP contribution in [-0.4, -0.2) is 11.6 Å². The van der Waals surface area contributed by atoms with Crippen molar-refractivity contribution in [1.82, 2.24) is 0 Å². The molecule has 0 aromatic heterocycles. The first-order valence-electron chi connectivity index (χ1n) is 10.9. The molecule has 1 amide bonds. The molecule has 0 saturated carbocycles. The van der Waals surface area contributed by atoms with Crippen molar-refractivity contribution in [2.24, 2.45) is 10.4 Å². The van der Waals surface area contributed by atoms with Crippen molar-refractivity contribution >= 4 is 40.2 Å². The molecule has 1 heterocycles. The number of fused-ring (bicyclic) bond motifs is 1. The minimum Gasteiger partial charge on any atom is -0.321 e. The van der Waals surface area contributed by atoms with Crippen LogP contribution in [0.1, 0.15) is 34.8 Å². The quantitative estimate of drug-likeness (QED) is 0.441. The van der Waals surface area contributed by atoms with E-state index in [4.69, 9.17) is 16.6 Å². The van der Waals surface area contributed by atoms with Gasteiger partial charge in [-0.1, -0.05) is 91.4 Å². The number of benzene rings is 3. The highest BCUT2D eigenvalue weighted by atomic mass is 35.5. The largest absolute Gasteiger partial charge is 0.321 e. The number of halogens is 1. The summed E-state index contributed by atoms with van der Waals surface area (Å²) in [4.78, 5) is 17.8. The van der Waals surface area contributed by atoms with E-state index in [0.29, 0.717) is 16.3 Å². The van der Waals surface area contributed by atoms with Crippen molar-refractivity contribution < 1.29 is 4.79 Å². The summed E-state index contributed by atoms with van der Waals surface area (Å²) in [6, 6.07) is 25.0. The Morgan fingerprint density at radius 3 is 2.45 bits per heavy atom. The molecular formula is C29H23ClN2O. The van der Waals surface area contributed by atoms with Crippen molar-refractivity contribution in [3.05, 3.63) is 125 Å². The molecule has 1 atom stereocenters. The van der Waals surface area contributed by atoms with Gasteiger partial charge in [0, 0.05) is 21.6 Å². The second-order valence-electron chi connectivity index (χ2n) is 8.52. The minimum atomic E-state index is -0.220. The van der Waals surface area contributed by atoms with E-state index in [1.54, 1.807) is 18.2 Å². The third-order valence-electron chi connectivity index (χ3n) is 6.09. The van der Waals surface area contributed by atoms with Gasteiger partial charge >= 0.3 is 0 Å². The number of carbonyl (C=O) groups is 1. The number of allylic oxidation sites excluding steroid dienone is 5. The molecule has 2 aliphatic rings. The summed E-state index contributed by atoms with van der Waals surface area (Å²) in [6.07, 6.45) is 9.44. The van der Waals surface area contributed by atoms with Gasteiger partial charge in [0.15, 0.2) is 0 Å². The van der Waals surface area contributed by atoms with Crippen LogP contribution in [0.5, 0.6) is 0 Å². The lowest BCUT2D eigenvalue weighted by atomic mass is 9.74. The molecule has 0 fully saturated rings. The standard InChI is InChI=1S/C29H23ClN2O/c1-29-17-16-25(20-8-4-2-5-9-20)31-27(29)15-12-22(19-29)24-14-13-23(30)18-26(24)32-28(33)21-10-6-3-7-11-21/h2-16,18-19H,17H2,1H3,(H,32,33). The van der Waals surface area contributed by atoms with Gasteiger partial charge < -0.3 is 5.32 Å². The second kappa shape index (κ2) is 8.68. The topological polar surface area (TPSA) is 41.5 Å². The molecule has 4 heteroatoms. The first-order chi connectivity index (χ1) is 16.0. The molecule has 3 nitrogen and oxygen atoms in total. The Morgan fingerprint density at radius 2 is 1.70 bits per heavy atom. The van der Waals surface area contributed by atoms with Crippen LogP contribution >= 0.6 is 11.6 Å². The predicted octanol–water partition coefficient (Wildman–Crippen LogP) is 7.44. The molecule has 33 heavy (non-hydrogen) atoms. The zero-order valence-electron chi connectivity index (χ0n) is 18.3. The lowest BCUT2D eigenvalue weighted by molar-refractivity contribution is 0.102. The maximum Gasteiger partial charge on any atom is 0.255 e. The zero-order valence-corrected chi connectivity index (χ0v) is 19.0. The first-order valence-corrected chi connectivity index (χ1v) is 11.3. The van der Waals surface area contributed by atoms with E-state index in [0.717, 1.165) is 34.5 Å². The molecule has 0 saturated heterocycles. The molecule has 5 rings (SSSR count). The summed E-state index contributed by atoms with van der Waals surface area (Å²) in [5, 5.41) is 3.61. The molecule has 0 bridgehead atoms. The van der Waals surface area contributed by atoms with E-state index in [1.807, 2.05) is 48.5 Å². The second-order valence-corrected chi connectivity index (χ2v) is 8.95. The van der Waals surface area contributed by atoms with Crippen molar-refractivity contribution in [2.45, 2.75) is 13.3 Å². The van der Waals surface area contributed by atoms with Crippen LogP contribution in [0.15, 0.2) is 108 Å². The van der Waals surface area contributed by atoms with Crippen LogP contribution < -0.4 is 5.32 Å². The number of hydrogen-bond acceptors (Lipinski definition) is 2. The number of amides is 1. The average molecular weight is 451 g/mol. The summed E-state index contributed by atoms with van der Waals surface area (Å²) in [6.45, 7) is 2.20. The summed E-state index contributed by atoms with van der Waals surface area (Å²) in [5.41, 5.74) is 6.20. The van der Waals surface area contributed by atoms with Gasteiger partial charge in [-0.15, -0.1) is 0 Å². The number of hydrogen-bond donors (Lipinski definition) is 1. The number of rotatable bonds is 4. The lowest BCUT2D eigenvalue weighted by Crippen LogP contribution is -2.28.